The fourth-order valence-corrected chi connectivity index (χ4v) is 10.2. The van der Waals surface area contributed by atoms with E-state index in [1.165, 1.54) is 33.4 Å². The summed E-state index contributed by atoms with van der Waals surface area (Å²) in [4.78, 5) is 23.1. The van der Waals surface area contributed by atoms with E-state index in [0.29, 0.717) is 0 Å². The Morgan fingerprint density at radius 1 is 0.421 bits per heavy atom. The van der Waals surface area contributed by atoms with Gasteiger partial charge in [-0.3, -0.25) is 9.98 Å². The zero-order valence-electron chi connectivity index (χ0n) is 36.0. The van der Waals surface area contributed by atoms with Crippen molar-refractivity contribution in [3.05, 3.63) is 153 Å². The molecule has 0 unspecified atom stereocenters. The van der Waals surface area contributed by atoms with Crippen LogP contribution in [0.3, 0.4) is 0 Å². The molecule has 2 aromatic heterocycles. The Labute approximate surface area is 353 Å². The Bertz CT molecular complexity index is 2090. The molecular formula is C52H62N4Ni. The minimum absolute atomic E-state index is 0. The summed E-state index contributed by atoms with van der Waals surface area (Å²) < 4.78 is 0. The molecule has 0 amide bonds. The van der Waals surface area contributed by atoms with E-state index in [1.807, 2.05) is 0 Å². The van der Waals surface area contributed by atoms with Crippen molar-refractivity contribution < 1.29 is 16.5 Å². The fraction of sp³-hybridized carbons (Fsp3) is 0.423. The van der Waals surface area contributed by atoms with Gasteiger partial charge in [0.15, 0.2) is 0 Å². The maximum absolute atomic E-state index is 5.81. The predicted molar refractivity (Wildman–Crippen MR) is 238 cm³/mol. The van der Waals surface area contributed by atoms with Crippen LogP contribution in [0.1, 0.15) is 152 Å². The minimum Gasteiger partial charge on any atom is -0.663 e. The van der Waals surface area contributed by atoms with Crippen LogP contribution in [0.25, 0.3) is 12.2 Å². The first-order valence-electron chi connectivity index (χ1n) is 21.5. The summed E-state index contributed by atoms with van der Waals surface area (Å²) in [6.45, 7) is 22.8. The van der Waals surface area contributed by atoms with Crippen molar-refractivity contribution in [1.82, 2.24) is 9.97 Å². The van der Waals surface area contributed by atoms with Crippen molar-refractivity contribution in [1.29, 1.82) is 0 Å². The summed E-state index contributed by atoms with van der Waals surface area (Å²) in [5.74, 6) is 0. The SMILES string of the molecule is CCC1(CC)C2=C/C(=C\c3ccc(C)cc3)C(=N2)C(CC)(CC)c2ccc([n-]2)C(CC)(CC)C2=NC(=C/C2=C\c2ccc(C)cc2)C(CC)(CC)c2ccc1[n-]2.[Ni+2]. The van der Waals surface area contributed by atoms with Crippen molar-refractivity contribution in [3.63, 3.8) is 0 Å². The normalized spacial score (nSPS) is 20.2. The molecular weight excluding hydrogens is 739 g/mol. The van der Waals surface area contributed by atoms with Crippen molar-refractivity contribution >= 4 is 23.6 Å². The molecule has 300 valence electrons. The van der Waals surface area contributed by atoms with Gasteiger partial charge in [-0.1, -0.05) is 139 Å². The molecule has 2 aromatic carbocycles. The molecule has 0 radical (unpaired) electrons. The van der Waals surface area contributed by atoms with E-state index in [0.717, 1.165) is 97.0 Å². The maximum atomic E-state index is 5.81. The number of fused-ring (bicyclic) bond motifs is 6. The summed E-state index contributed by atoms with van der Waals surface area (Å²) >= 11 is 0. The van der Waals surface area contributed by atoms with E-state index in [-0.39, 0.29) is 38.2 Å². The van der Waals surface area contributed by atoms with Crippen molar-refractivity contribution in [2.45, 2.75) is 142 Å². The van der Waals surface area contributed by atoms with Gasteiger partial charge in [0.05, 0.1) is 22.8 Å². The van der Waals surface area contributed by atoms with E-state index in [2.05, 4.69) is 166 Å². The van der Waals surface area contributed by atoms with Crippen molar-refractivity contribution in [2.75, 3.05) is 0 Å². The van der Waals surface area contributed by atoms with E-state index >= 15 is 0 Å². The second-order valence-corrected chi connectivity index (χ2v) is 16.6. The molecule has 0 saturated carbocycles. The number of hydrogen-bond donors (Lipinski definition) is 0. The molecule has 7 rings (SSSR count). The van der Waals surface area contributed by atoms with Crippen LogP contribution in [-0.2, 0) is 38.2 Å². The van der Waals surface area contributed by atoms with E-state index in [1.54, 1.807) is 0 Å². The van der Waals surface area contributed by atoms with Crippen LogP contribution in [0.4, 0.5) is 0 Å². The second kappa shape index (κ2) is 16.6. The Kier molecular flexibility index (Phi) is 12.3. The van der Waals surface area contributed by atoms with Crippen molar-refractivity contribution in [3.8, 4) is 0 Å². The van der Waals surface area contributed by atoms with Gasteiger partial charge >= 0.3 is 16.5 Å². The number of nitrogens with zero attached hydrogens (tertiary/aromatic N) is 4. The van der Waals surface area contributed by atoms with Crippen LogP contribution >= 0.6 is 0 Å². The molecule has 5 heterocycles. The molecule has 0 fully saturated rings. The van der Waals surface area contributed by atoms with Crippen LogP contribution in [0.15, 0.2) is 117 Å². The predicted octanol–water partition coefficient (Wildman–Crippen LogP) is 13.0. The zero-order valence-corrected chi connectivity index (χ0v) is 37.0. The first-order chi connectivity index (χ1) is 27.0. The number of rotatable bonds is 10. The Hall–Kier alpha value is -4.21. The molecule has 57 heavy (non-hydrogen) atoms. The molecule has 4 aromatic rings. The largest absolute Gasteiger partial charge is 2.00 e. The van der Waals surface area contributed by atoms with Crippen LogP contribution in [-0.4, -0.2) is 11.4 Å². The number of aromatic nitrogens is 2. The number of allylic oxidation sites excluding steroid dienone is 6. The smallest absolute Gasteiger partial charge is 0.663 e. The van der Waals surface area contributed by atoms with Crippen LogP contribution in [0, 0.1) is 13.8 Å². The number of hydrogen-bond acceptors (Lipinski definition) is 2. The van der Waals surface area contributed by atoms with Gasteiger partial charge in [0.1, 0.15) is 0 Å². The van der Waals surface area contributed by atoms with Gasteiger partial charge in [-0.25, -0.2) is 0 Å². The molecule has 0 spiro atoms. The van der Waals surface area contributed by atoms with Gasteiger partial charge < -0.3 is 9.97 Å². The quantitative estimate of drug-likeness (QED) is 0.150. The minimum atomic E-state index is -0.379. The Morgan fingerprint density at radius 3 is 0.982 bits per heavy atom. The summed E-state index contributed by atoms with van der Waals surface area (Å²) in [5.41, 5.74) is 14.8. The first kappa shape index (κ1) is 42.4. The topological polar surface area (TPSA) is 52.9 Å². The molecule has 5 heteroatoms. The first-order valence-corrected chi connectivity index (χ1v) is 21.5. The van der Waals surface area contributed by atoms with E-state index < -0.39 is 0 Å². The summed E-state index contributed by atoms with van der Waals surface area (Å²) in [5, 5.41) is 0. The molecule has 0 atom stereocenters. The second-order valence-electron chi connectivity index (χ2n) is 16.6. The molecule has 3 aliphatic heterocycles. The molecule has 0 saturated heterocycles. The Balaban J connectivity index is 0.00000549. The summed E-state index contributed by atoms with van der Waals surface area (Å²) in [6, 6.07) is 27.0. The van der Waals surface area contributed by atoms with Crippen LogP contribution in [0.2, 0.25) is 0 Å². The van der Waals surface area contributed by atoms with Gasteiger partial charge in [0.25, 0.3) is 0 Å². The van der Waals surface area contributed by atoms with Crippen LogP contribution < -0.4 is 9.97 Å². The number of benzene rings is 2. The number of aryl methyl sites for hydroxylation is 2. The fourth-order valence-electron chi connectivity index (χ4n) is 10.2. The average Bonchev–Trinajstić information content (AvgIpc) is 4.06. The zero-order chi connectivity index (χ0) is 39.9. The third-order valence-electron chi connectivity index (χ3n) is 14.4. The molecule has 4 nitrogen and oxygen atoms in total. The summed E-state index contributed by atoms with van der Waals surface area (Å²) in [7, 11) is 0. The van der Waals surface area contributed by atoms with Crippen molar-refractivity contribution in [2.24, 2.45) is 9.98 Å². The van der Waals surface area contributed by atoms with Crippen LogP contribution in [0.5, 0.6) is 0 Å². The Morgan fingerprint density at radius 2 is 0.702 bits per heavy atom. The number of aliphatic imine (C=N–C) groups is 2. The average molecular weight is 802 g/mol. The van der Waals surface area contributed by atoms with E-state index in [9.17, 15) is 0 Å². The summed E-state index contributed by atoms with van der Waals surface area (Å²) in [6.07, 6.45) is 16.7. The molecule has 0 N–H and O–H groups in total. The van der Waals surface area contributed by atoms with E-state index in [4.69, 9.17) is 20.0 Å². The van der Waals surface area contributed by atoms with Gasteiger partial charge in [-0.05, 0) is 112 Å². The third kappa shape index (κ3) is 6.76. The standard InChI is InChI=1S/C52H62N4.Ni/c1-11-49(12-2)41-27-28-42(53-41)50(13-3,14-4)46-34-40(32-38-25-21-36(10)22-26-38)48(56-46)52(17-7,18-8)44-30-29-43(54-44)51(15-5,16-6)47-39(33-45(49)55-47)31-37-23-19-35(9)20-24-37;/h19-34H,11-18H2,1-10H3;/q-2;+2/b39-31+,40-32+;. The maximum Gasteiger partial charge on any atom is 2.00 e. The third-order valence-corrected chi connectivity index (χ3v) is 14.4. The van der Waals surface area contributed by atoms with Gasteiger partial charge in [-0.15, -0.1) is 22.8 Å². The van der Waals surface area contributed by atoms with Gasteiger partial charge in [0.2, 0.25) is 0 Å². The molecule has 8 bridgehead atoms. The van der Waals surface area contributed by atoms with Gasteiger partial charge in [0, 0.05) is 21.7 Å². The van der Waals surface area contributed by atoms with Gasteiger partial charge in [-0.2, -0.15) is 0 Å². The molecule has 3 aliphatic rings. The molecule has 0 aliphatic carbocycles. The monoisotopic (exact) mass is 800 g/mol.